The number of fused-ring (bicyclic) bond motifs is 1. The Labute approximate surface area is 123 Å². The summed E-state index contributed by atoms with van der Waals surface area (Å²) in [4.78, 5) is 0. The zero-order valence-electron chi connectivity index (χ0n) is 11.6. The van der Waals surface area contributed by atoms with Crippen LogP contribution in [0.3, 0.4) is 0 Å². The van der Waals surface area contributed by atoms with Crippen molar-refractivity contribution in [3.8, 4) is 0 Å². The average molecular weight is 289 g/mol. The van der Waals surface area contributed by atoms with Gasteiger partial charge in [0, 0.05) is 24.2 Å². The summed E-state index contributed by atoms with van der Waals surface area (Å²) in [7, 11) is 1.96. The number of para-hydroxylation sites is 1. The molecule has 0 aliphatic heterocycles. The zero-order chi connectivity index (χ0) is 14.1. The molecule has 0 N–H and O–H groups in total. The first-order chi connectivity index (χ1) is 9.69. The lowest BCUT2D eigenvalue weighted by Gasteiger charge is -2.01. The topological polar surface area (TPSA) is 35.6 Å². The first kappa shape index (κ1) is 13.2. The minimum absolute atomic E-state index is 0.0317. The zero-order valence-corrected chi connectivity index (χ0v) is 12.4. The highest BCUT2D eigenvalue weighted by Gasteiger charge is 2.11. The summed E-state index contributed by atoms with van der Waals surface area (Å²) in [6.45, 7) is 2.73. The second-order valence-electron chi connectivity index (χ2n) is 4.93. The van der Waals surface area contributed by atoms with Crippen molar-refractivity contribution >= 4 is 22.5 Å². The molecular formula is C15H17ClN4. The molecule has 1 atom stereocenters. The SMILES string of the molecule is CCC(Cl)c1cnn(Cc2nn(C)c3ccccc23)c1. The van der Waals surface area contributed by atoms with Crippen molar-refractivity contribution < 1.29 is 0 Å². The lowest BCUT2D eigenvalue weighted by atomic mass is 10.2. The summed E-state index contributed by atoms with van der Waals surface area (Å²) in [6, 6.07) is 8.23. The van der Waals surface area contributed by atoms with Crippen LogP contribution in [0.25, 0.3) is 10.9 Å². The van der Waals surface area contributed by atoms with Crippen molar-refractivity contribution in [3.05, 3.63) is 47.9 Å². The van der Waals surface area contributed by atoms with Gasteiger partial charge in [-0.15, -0.1) is 11.6 Å². The van der Waals surface area contributed by atoms with Crippen LogP contribution in [0.5, 0.6) is 0 Å². The van der Waals surface area contributed by atoms with E-state index in [-0.39, 0.29) is 5.38 Å². The second-order valence-corrected chi connectivity index (χ2v) is 5.46. The van der Waals surface area contributed by atoms with Gasteiger partial charge in [0.2, 0.25) is 0 Å². The molecule has 0 saturated carbocycles. The minimum atomic E-state index is 0.0317. The van der Waals surface area contributed by atoms with Gasteiger partial charge in [-0.2, -0.15) is 10.2 Å². The maximum atomic E-state index is 6.23. The normalized spacial score (nSPS) is 12.9. The molecule has 3 rings (SSSR count). The van der Waals surface area contributed by atoms with Gasteiger partial charge in [0.05, 0.1) is 29.3 Å². The third kappa shape index (κ3) is 2.31. The van der Waals surface area contributed by atoms with Crippen molar-refractivity contribution in [3.63, 3.8) is 0 Å². The highest BCUT2D eigenvalue weighted by Crippen LogP contribution is 2.23. The van der Waals surface area contributed by atoms with Gasteiger partial charge in [0.25, 0.3) is 0 Å². The Kier molecular flexibility index (Phi) is 3.49. The molecule has 20 heavy (non-hydrogen) atoms. The van der Waals surface area contributed by atoms with Crippen LogP contribution in [0.4, 0.5) is 0 Å². The number of rotatable bonds is 4. The smallest absolute Gasteiger partial charge is 0.0918 e. The van der Waals surface area contributed by atoms with Crippen LogP contribution in [0, 0.1) is 0 Å². The fourth-order valence-electron chi connectivity index (χ4n) is 2.42. The molecule has 0 saturated heterocycles. The Morgan fingerprint density at radius 1 is 1.30 bits per heavy atom. The summed E-state index contributed by atoms with van der Waals surface area (Å²) in [5, 5.41) is 10.2. The Bertz CT molecular complexity index is 728. The Morgan fingerprint density at radius 2 is 2.10 bits per heavy atom. The molecule has 4 nitrogen and oxygen atoms in total. The number of halogens is 1. The average Bonchev–Trinajstić information content (AvgIpc) is 3.05. The van der Waals surface area contributed by atoms with Crippen molar-refractivity contribution in [2.24, 2.45) is 7.05 Å². The second kappa shape index (κ2) is 5.29. The summed E-state index contributed by atoms with van der Waals surface area (Å²) in [5.41, 5.74) is 3.23. The van der Waals surface area contributed by atoms with Gasteiger partial charge in [0.1, 0.15) is 0 Å². The van der Waals surface area contributed by atoms with Gasteiger partial charge >= 0.3 is 0 Å². The number of hydrogen-bond donors (Lipinski definition) is 0. The number of aryl methyl sites for hydroxylation is 1. The third-order valence-electron chi connectivity index (χ3n) is 3.52. The predicted molar refractivity (Wildman–Crippen MR) is 80.9 cm³/mol. The van der Waals surface area contributed by atoms with Crippen LogP contribution < -0.4 is 0 Å². The number of hydrogen-bond acceptors (Lipinski definition) is 2. The molecule has 104 valence electrons. The van der Waals surface area contributed by atoms with Gasteiger partial charge in [-0.25, -0.2) is 0 Å². The number of nitrogens with zero attached hydrogens (tertiary/aromatic N) is 4. The highest BCUT2D eigenvalue weighted by molar-refractivity contribution is 6.20. The summed E-state index contributed by atoms with van der Waals surface area (Å²) < 4.78 is 3.81. The molecule has 0 aliphatic rings. The lowest BCUT2D eigenvalue weighted by Crippen LogP contribution is -2.02. The van der Waals surface area contributed by atoms with E-state index in [4.69, 9.17) is 11.6 Å². The molecule has 0 bridgehead atoms. The predicted octanol–water partition coefficient (Wildman–Crippen LogP) is 3.51. The molecule has 0 fully saturated rings. The van der Waals surface area contributed by atoms with E-state index in [0.717, 1.165) is 23.2 Å². The third-order valence-corrected chi connectivity index (χ3v) is 4.08. The first-order valence-corrected chi connectivity index (χ1v) is 7.19. The van der Waals surface area contributed by atoms with E-state index in [1.54, 1.807) is 0 Å². The fraction of sp³-hybridized carbons (Fsp3) is 0.333. The standard InChI is InChI=1S/C15H17ClN4/c1-3-13(16)11-8-17-20(9-11)10-14-12-6-4-5-7-15(12)19(2)18-14/h4-9,13H,3,10H2,1-2H3. The van der Waals surface area contributed by atoms with Crippen molar-refractivity contribution in [2.75, 3.05) is 0 Å². The van der Waals surface area contributed by atoms with Crippen LogP contribution in [-0.4, -0.2) is 19.6 Å². The largest absolute Gasteiger partial charge is 0.268 e. The minimum Gasteiger partial charge on any atom is -0.268 e. The molecular weight excluding hydrogens is 272 g/mol. The van der Waals surface area contributed by atoms with E-state index in [9.17, 15) is 0 Å². The quantitative estimate of drug-likeness (QED) is 0.689. The molecule has 3 aromatic rings. The Balaban J connectivity index is 1.91. The molecule has 0 radical (unpaired) electrons. The van der Waals surface area contributed by atoms with E-state index in [1.807, 2.05) is 40.9 Å². The molecule has 1 aromatic carbocycles. The maximum absolute atomic E-state index is 6.23. The van der Waals surface area contributed by atoms with Gasteiger partial charge in [-0.05, 0) is 12.5 Å². The summed E-state index contributed by atoms with van der Waals surface area (Å²) in [5.74, 6) is 0. The number of aromatic nitrogens is 4. The van der Waals surface area contributed by atoms with E-state index in [1.165, 1.54) is 5.39 Å². The molecule has 2 heterocycles. The van der Waals surface area contributed by atoms with Crippen LogP contribution in [0.2, 0.25) is 0 Å². The van der Waals surface area contributed by atoms with E-state index in [0.29, 0.717) is 6.54 Å². The Morgan fingerprint density at radius 3 is 2.90 bits per heavy atom. The maximum Gasteiger partial charge on any atom is 0.0918 e. The number of alkyl halides is 1. The summed E-state index contributed by atoms with van der Waals surface area (Å²) >= 11 is 6.23. The molecule has 0 spiro atoms. The van der Waals surface area contributed by atoms with Gasteiger partial charge in [-0.3, -0.25) is 9.36 Å². The molecule has 0 amide bonds. The first-order valence-electron chi connectivity index (χ1n) is 6.76. The van der Waals surface area contributed by atoms with Crippen LogP contribution >= 0.6 is 11.6 Å². The lowest BCUT2D eigenvalue weighted by molar-refractivity contribution is 0.654. The van der Waals surface area contributed by atoms with Gasteiger partial charge in [-0.1, -0.05) is 25.1 Å². The molecule has 0 aliphatic carbocycles. The number of benzene rings is 1. The molecule has 5 heteroatoms. The highest BCUT2D eigenvalue weighted by atomic mass is 35.5. The Hall–Kier alpha value is -1.81. The monoisotopic (exact) mass is 288 g/mol. The van der Waals surface area contributed by atoms with Crippen LogP contribution in [0.1, 0.15) is 30.0 Å². The van der Waals surface area contributed by atoms with E-state index in [2.05, 4.69) is 29.3 Å². The fourth-order valence-corrected chi connectivity index (χ4v) is 2.54. The van der Waals surface area contributed by atoms with Crippen LogP contribution in [0.15, 0.2) is 36.7 Å². The van der Waals surface area contributed by atoms with Crippen molar-refractivity contribution in [2.45, 2.75) is 25.3 Å². The van der Waals surface area contributed by atoms with E-state index >= 15 is 0 Å². The van der Waals surface area contributed by atoms with E-state index < -0.39 is 0 Å². The van der Waals surface area contributed by atoms with Crippen LogP contribution in [-0.2, 0) is 13.6 Å². The van der Waals surface area contributed by atoms with Gasteiger partial charge in [0.15, 0.2) is 0 Å². The summed E-state index contributed by atoms with van der Waals surface area (Å²) in [6.07, 6.45) is 4.75. The molecule has 2 aromatic heterocycles. The molecule has 1 unspecified atom stereocenters. The van der Waals surface area contributed by atoms with Crippen molar-refractivity contribution in [1.29, 1.82) is 0 Å². The van der Waals surface area contributed by atoms with Gasteiger partial charge < -0.3 is 0 Å². The van der Waals surface area contributed by atoms with Crippen molar-refractivity contribution in [1.82, 2.24) is 19.6 Å².